The lowest BCUT2D eigenvalue weighted by molar-refractivity contribution is -0.115. The van der Waals surface area contributed by atoms with E-state index in [0.717, 1.165) is 61.4 Å². The van der Waals surface area contributed by atoms with Crippen LogP contribution in [0.3, 0.4) is 0 Å². The number of halogens is 1. The first-order chi connectivity index (χ1) is 15.3. The summed E-state index contributed by atoms with van der Waals surface area (Å²) in [6, 6.07) is 10.2. The summed E-state index contributed by atoms with van der Waals surface area (Å²) in [4.78, 5) is 13.2. The van der Waals surface area contributed by atoms with Crippen LogP contribution in [0.4, 0.5) is 0 Å². The van der Waals surface area contributed by atoms with Gasteiger partial charge in [-0.15, -0.1) is 11.6 Å². The fourth-order valence-electron chi connectivity index (χ4n) is 6.06. The van der Waals surface area contributed by atoms with Gasteiger partial charge >= 0.3 is 0 Å². The number of nitrogens with one attached hydrogen (secondary N) is 1. The largest absolute Gasteiger partial charge is 0.349 e. The molecule has 6 heteroatoms. The van der Waals surface area contributed by atoms with Gasteiger partial charge in [0.1, 0.15) is 0 Å². The van der Waals surface area contributed by atoms with E-state index >= 15 is 0 Å². The van der Waals surface area contributed by atoms with Crippen LogP contribution in [-0.2, 0) is 6.54 Å². The molecular weight excluding hydrogens is 420 g/mol. The number of hydrogen-bond donors (Lipinski definition) is 2. The molecule has 1 amide bonds. The topological polar surface area (TPSA) is 72.9 Å². The molecular formula is C26H37ClN4O. The van der Waals surface area contributed by atoms with E-state index in [-0.39, 0.29) is 16.9 Å². The molecule has 5 rings (SSSR count). The predicted octanol–water partition coefficient (Wildman–Crippen LogP) is 5.15. The summed E-state index contributed by atoms with van der Waals surface area (Å²) in [5.74, 6) is 1.80. The average molecular weight is 457 g/mol. The highest BCUT2D eigenvalue weighted by atomic mass is 35.5. The van der Waals surface area contributed by atoms with E-state index in [0.29, 0.717) is 24.0 Å². The summed E-state index contributed by atoms with van der Waals surface area (Å²) >= 11 is 5.84. The molecule has 0 saturated heterocycles. The fourth-order valence-corrected chi connectivity index (χ4v) is 6.25. The van der Waals surface area contributed by atoms with Gasteiger partial charge in [0.05, 0.1) is 5.69 Å². The maximum Gasteiger partial charge on any atom is 0.272 e. The van der Waals surface area contributed by atoms with Gasteiger partial charge in [-0.05, 0) is 56.3 Å². The molecule has 3 atom stereocenters. The lowest BCUT2D eigenvalue weighted by Gasteiger charge is -2.64. The van der Waals surface area contributed by atoms with Gasteiger partial charge in [0.25, 0.3) is 5.91 Å². The molecule has 32 heavy (non-hydrogen) atoms. The molecule has 3 aliphatic carbocycles. The predicted molar refractivity (Wildman–Crippen MR) is 131 cm³/mol. The number of nitrogens with two attached hydrogens (primary N) is 1. The zero-order valence-corrected chi connectivity index (χ0v) is 20.4. The lowest BCUT2D eigenvalue weighted by Crippen LogP contribution is -2.68. The number of benzene rings is 1. The van der Waals surface area contributed by atoms with Crippen LogP contribution in [0.25, 0.3) is 11.3 Å². The first-order valence-corrected chi connectivity index (χ1v) is 12.6. The maximum absolute atomic E-state index is 13.2. The van der Waals surface area contributed by atoms with Crippen LogP contribution in [0.1, 0.15) is 68.4 Å². The molecule has 1 aromatic carbocycles. The molecule has 1 aromatic heterocycles. The molecule has 2 aromatic rings. The summed E-state index contributed by atoms with van der Waals surface area (Å²) in [7, 11) is 0. The smallest absolute Gasteiger partial charge is 0.272 e. The van der Waals surface area contributed by atoms with E-state index < -0.39 is 0 Å². The van der Waals surface area contributed by atoms with E-state index in [9.17, 15) is 4.79 Å². The Morgan fingerprint density at radius 3 is 2.66 bits per heavy atom. The zero-order chi connectivity index (χ0) is 22.9. The number of hydrogen-bond acceptors (Lipinski definition) is 3. The van der Waals surface area contributed by atoms with Crippen LogP contribution in [0.5, 0.6) is 0 Å². The molecule has 3 N–H and O–H groups in total. The number of carbonyl (C=O) groups is 1. The lowest BCUT2D eigenvalue weighted by atomic mass is 9.43. The number of nitrogens with zero attached hydrogens (tertiary/aromatic N) is 2. The average Bonchev–Trinajstić information content (AvgIpc) is 3.11. The van der Waals surface area contributed by atoms with Crippen molar-refractivity contribution < 1.29 is 4.79 Å². The van der Waals surface area contributed by atoms with Crippen LogP contribution in [0.15, 0.2) is 30.3 Å². The molecule has 174 valence electrons. The van der Waals surface area contributed by atoms with Crippen molar-refractivity contribution in [1.82, 2.24) is 15.1 Å². The van der Waals surface area contributed by atoms with Gasteiger partial charge < -0.3 is 11.1 Å². The SMILES string of the molecule is Cc1c(C(=O)NCC2(N)CCC3CC2C3(C)C)nn(CCCCCCl)c1-c1ccccc1. The molecule has 3 unspecified atom stereocenters. The molecule has 1 heterocycles. The summed E-state index contributed by atoms with van der Waals surface area (Å²) < 4.78 is 1.99. The Balaban J connectivity index is 1.52. The van der Waals surface area contributed by atoms with E-state index in [2.05, 4.69) is 31.3 Å². The summed E-state index contributed by atoms with van der Waals surface area (Å²) in [6.07, 6.45) is 6.35. The van der Waals surface area contributed by atoms with Crippen LogP contribution < -0.4 is 11.1 Å². The van der Waals surface area contributed by atoms with Crippen LogP contribution in [-0.4, -0.2) is 33.7 Å². The van der Waals surface area contributed by atoms with Crippen molar-refractivity contribution in [3.05, 3.63) is 41.6 Å². The van der Waals surface area contributed by atoms with Gasteiger partial charge in [-0.3, -0.25) is 9.48 Å². The van der Waals surface area contributed by atoms with Crippen molar-refractivity contribution >= 4 is 17.5 Å². The Morgan fingerprint density at radius 1 is 1.25 bits per heavy atom. The number of rotatable bonds is 9. The quantitative estimate of drug-likeness (QED) is 0.404. The first-order valence-electron chi connectivity index (χ1n) is 12.0. The highest BCUT2D eigenvalue weighted by Crippen LogP contribution is 2.61. The Bertz CT molecular complexity index is 952. The van der Waals surface area contributed by atoms with Crippen molar-refractivity contribution in [2.45, 2.75) is 71.4 Å². The summed E-state index contributed by atoms with van der Waals surface area (Å²) in [6.45, 7) is 7.94. The number of aromatic nitrogens is 2. The number of fused-ring (bicyclic) bond motifs is 2. The van der Waals surface area contributed by atoms with Gasteiger partial charge in [0, 0.05) is 35.6 Å². The number of alkyl halides is 1. The molecule has 0 aliphatic heterocycles. The Morgan fingerprint density at radius 2 is 2.00 bits per heavy atom. The minimum atomic E-state index is -0.325. The van der Waals surface area contributed by atoms with Gasteiger partial charge in [0.2, 0.25) is 0 Å². The highest BCUT2D eigenvalue weighted by molar-refractivity contribution is 6.17. The third-order valence-electron chi connectivity index (χ3n) is 8.16. The highest BCUT2D eigenvalue weighted by Gasteiger charge is 2.59. The van der Waals surface area contributed by atoms with Gasteiger partial charge in [-0.1, -0.05) is 50.6 Å². The van der Waals surface area contributed by atoms with Gasteiger partial charge in [0.15, 0.2) is 5.69 Å². The van der Waals surface area contributed by atoms with Crippen LogP contribution in [0, 0.1) is 24.2 Å². The third-order valence-corrected chi connectivity index (χ3v) is 8.42. The standard InChI is InChI=1S/C26H37ClN4O/c1-18-22(24(32)29-17-26(28)13-12-20-16-21(26)25(20,2)3)30-31(15-9-5-8-14-27)23(18)19-10-6-4-7-11-19/h4,6-7,10-11,20-21H,5,8-9,12-17,28H2,1-3H3,(H,29,32). The number of aryl methyl sites for hydroxylation is 1. The number of amides is 1. The molecule has 2 bridgehead atoms. The molecule has 0 spiro atoms. The Kier molecular flexibility index (Phi) is 6.69. The molecule has 5 nitrogen and oxygen atoms in total. The third kappa shape index (κ3) is 4.22. The summed E-state index contributed by atoms with van der Waals surface area (Å²) in [5, 5.41) is 7.91. The fraction of sp³-hybridized carbons (Fsp3) is 0.615. The second kappa shape index (κ2) is 9.18. The van der Waals surface area contributed by atoms with E-state index in [4.69, 9.17) is 22.4 Å². The van der Waals surface area contributed by atoms with Crippen molar-refractivity contribution in [2.75, 3.05) is 12.4 Å². The molecule has 3 fully saturated rings. The van der Waals surface area contributed by atoms with Crippen molar-refractivity contribution in [3.63, 3.8) is 0 Å². The van der Waals surface area contributed by atoms with Crippen molar-refractivity contribution in [1.29, 1.82) is 0 Å². The maximum atomic E-state index is 13.2. The van der Waals surface area contributed by atoms with Gasteiger partial charge in [-0.25, -0.2) is 0 Å². The first kappa shape index (κ1) is 23.3. The minimum Gasteiger partial charge on any atom is -0.349 e. The van der Waals surface area contributed by atoms with E-state index in [1.54, 1.807) is 0 Å². The monoisotopic (exact) mass is 456 g/mol. The number of carbonyl (C=O) groups excluding carboxylic acids is 1. The van der Waals surface area contributed by atoms with E-state index in [1.807, 2.05) is 29.8 Å². The second-order valence-corrected chi connectivity index (χ2v) is 10.8. The second-order valence-electron chi connectivity index (χ2n) is 10.4. The molecule has 3 aliphatic rings. The number of unbranched alkanes of at least 4 members (excludes halogenated alkanes) is 2. The normalized spacial score (nSPS) is 25.9. The van der Waals surface area contributed by atoms with Crippen LogP contribution >= 0.6 is 11.6 Å². The van der Waals surface area contributed by atoms with Crippen LogP contribution in [0.2, 0.25) is 0 Å². The molecule has 0 radical (unpaired) electrons. The van der Waals surface area contributed by atoms with Gasteiger partial charge in [-0.2, -0.15) is 5.10 Å². The van der Waals surface area contributed by atoms with E-state index in [1.165, 1.54) is 6.42 Å². The Hall–Kier alpha value is -1.85. The van der Waals surface area contributed by atoms with Crippen molar-refractivity contribution in [2.24, 2.45) is 23.0 Å². The summed E-state index contributed by atoms with van der Waals surface area (Å²) in [5.41, 5.74) is 10.3. The van der Waals surface area contributed by atoms with Crippen molar-refractivity contribution in [3.8, 4) is 11.3 Å². The molecule has 3 saturated carbocycles. The zero-order valence-electron chi connectivity index (χ0n) is 19.7. The minimum absolute atomic E-state index is 0.122. The Labute approximate surface area is 197 Å².